The molecule has 0 radical (unpaired) electrons. The molecule has 2 amide bonds. The molecule has 0 saturated carbocycles. The lowest BCUT2D eigenvalue weighted by Crippen LogP contribution is -2.32. The highest BCUT2D eigenvalue weighted by molar-refractivity contribution is 7.90. The van der Waals surface area contributed by atoms with Crippen molar-refractivity contribution >= 4 is 27.6 Å². The summed E-state index contributed by atoms with van der Waals surface area (Å²) in [5.41, 5.74) is 0.267. The van der Waals surface area contributed by atoms with Crippen molar-refractivity contribution in [3.63, 3.8) is 0 Å². The minimum Gasteiger partial charge on any atom is -0.457 e. The molecular weight excluding hydrogens is 398 g/mol. The molecule has 1 aliphatic heterocycles. The Morgan fingerprint density at radius 2 is 1.48 bits per heavy atom. The summed E-state index contributed by atoms with van der Waals surface area (Å²) in [6, 6.07) is 15.1. The van der Waals surface area contributed by atoms with Gasteiger partial charge in [-0.15, -0.1) is 0 Å². The zero-order valence-corrected chi connectivity index (χ0v) is 15.6. The number of furan rings is 1. The lowest BCUT2D eigenvalue weighted by Gasteiger charge is -2.12. The predicted molar refractivity (Wildman–Crippen MR) is 98.4 cm³/mol. The Hall–Kier alpha value is -3.72. The van der Waals surface area contributed by atoms with E-state index in [2.05, 4.69) is 0 Å². The Morgan fingerprint density at radius 3 is 2.10 bits per heavy atom. The van der Waals surface area contributed by atoms with Crippen molar-refractivity contribution in [1.29, 1.82) is 0 Å². The summed E-state index contributed by atoms with van der Waals surface area (Å²) in [4.78, 5) is 42.1. The van der Waals surface area contributed by atoms with Gasteiger partial charge in [-0.05, 0) is 30.3 Å². The van der Waals surface area contributed by atoms with Crippen LogP contribution < -0.4 is 0 Å². The van der Waals surface area contributed by atoms with Crippen molar-refractivity contribution in [2.45, 2.75) is 10.6 Å². The first-order valence-corrected chi connectivity index (χ1v) is 10.1. The summed E-state index contributed by atoms with van der Waals surface area (Å²) in [5, 5.41) is 0.338. The third kappa shape index (κ3) is 3.32. The van der Waals surface area contributed by atoms with E-state index >= 15 is 0 Å². The SMILES string of the molecule is O=C(ON1C(=O)c2ccccc2C1=O)c1occc1CS(=O)(=O)c1ccccc1. The zero-order valence-electron chi connectivity index (χ0n) is 14.8. The van der Waals surface area contributed by atoms with E-state index in [1.165, 1.54) is 30.3 Å². The summed E-state index contributed by atoms with van der Waals surface area (Å²) in [6.45, 7) is 0. The van der Waals surface area contributed by atoms with E-state index in [4.69, 9.17) is 9.25 Å². The topological polar surface area (TPSA) is 111 Å². The van der Waals surface area contributed by atoms with Crippen LogP contribution in [0.1, 0.15) is 36.8 Å². The fourth-order valence-electron chi connectivity index (χ4n) is 2.92. The number of imide groups is 1. The molecule has 0 spiro atoms. The van der Waals surface area contributed by atoms with Crippen LogP contribution in [0.3, 0.4) is 0 Å². The van der Waals surface area contributed by atoms with Crippen LogP contribution in [0.5, 0.6) is 0 Å². The summed E-state index contributed by atoms with van der Waals surface area (Å²) < 4.78 is 30.2. The number of amides is 2. The molecule has 4 rings (SSSR count). The molecule has 8 nitrogen and oxygen atoms in total. The number of benzene rings is 2. The molecule has 0 unspecified atom stereocenters. The number of rotatable bonds is 5. The second-order valence-corrected chi connectivity index (χ2v) is 8.17. The van der Waals surface area contributed by atoms with Crippen LogP contribution in [-0.2, 0) is 20.4 Å². The van der Waals surface area contributed by atoms with E-state index in [1.807, 2.05) is 0 Å². The van der Waals surface area contributed by atoms with Gasteiger partial charge in [0.15, 0.2) is 9.84 Å². The molecule has 0 bridgehead atoms. The van der Waals surface area contributed by atoms with E-state index in [0.29, 0.717) is 5.06 Å². The molecule has 0 saturated heterocycles. The van der Waals surface area contributed by atoms with Crippen LogP contribution in [0, 0.1) is 0 Å². The standard InChI is InChI=1S/C20H13NO7S/c22-18-15-8-4-5-9-16(15)19(23)21(18)28-20(24)17-13(10-11-27-17)12-29(25,26)14-6-2-1-3-7-14/h1-11H,12H2. The molecule has 0 N–H and O–H groups in total. The first-order chi connectivity index (χ1) is 13.9. The van der Waals surface area contributed by atoms with E-state index in [-0.39, 0.29) is 21.6 Å². The van der Waals surface area contributed by atoms with Gasteiger partial charge in [0.25, 0.3) is 11.8 Å². The molecule has 0 fully saturated rings. The Bertz CT molecular complexity index is 1190. The molecule has 0 atom stereocenters. The summed E-state index contributed by atoms with van der Waals surface area (Å²) >= 11 is 0. The number of hydrogen-bond acceptors (Lipinski definition) is 7. The van der Waals surface area contributed by atoms with Crippen molar-refractivity contribution in [3.05, 3.63) is 89.4 Å². The van der Waals surface area contributed by atoms with Gasteiger partial charge < -0.3 is 9.25 Å². The van der Waals surface area contributed by atoms with Crippen molar-refractivity contribution in [3.8, 4) is 0 Å². The molecule has 1 aliphatic rings. The highest BCUT2D eigenvalue weighted by Gasteiger charge is 2.39. The summed E-state index contributed by atoms with van der Waals surface area (Å²) in [5.74, 6) is -3.64. The lowest BCUT2D eigenvalue weighted by atomic mass is 10.1. The van der Waals surface area contributed by atoms with Gasteiger partial charge in [-0.25, -0.2) is 13.2 Å². The monoisotopic (exact) mass is 411 g/mol. The Morgan fingerprint density at radius 1 is 0.897 bits per heavy atom. The average Bonchev–Trinajstić information content (AvgIpc) is 3.27. The van der Waals surface area contributed by atoms with Crippen LogP contribution in [0.2, 0.25) is 0 Å². The van der Waals surface area contributed by atoms with Crippen molar-refractivity contribution < 1.29 is 32.1 Å². The van der Waals surface area contributed by atoms with Crippen LogP contribution in [0.25, 0.3) is 0 Å². The average molecular weight is 411 g/mol. The second kappa shape index (κ2) is 7.02. The maximum absolute atomic E-state index is 12.6. The molecule has 9 heteroatoms. The quantitative estimate of drug-likeness (QED) is 0.593. The highest BCUT2D eigenvalue weighted by atomic mass is 32.2. The van der Waals surface area contributed by atoms with Gasteiger partial charge in [-0.3, -0.25) is 9.59 Å². The van der Waals surface area contributed by atoms with Gasteiger partial charge in [-0.2, -0.15) is 0 Å². The number of fused-ring (bicyclic) bond motifs is 1. The molecule has 29 heavy (non-hydrogen) atoms. The largest absolute Gasteiger partial charge is 0.457 e. The Kier molecular flexibility index (Phi) is 4.51. The van der Waals surface area contributed by atoms with E-state index in [9.17, 15) is 22.8 Å². The van der Waals surface area contributed by atoms with Crippen LogP contribution >= 0.6 is 0 Å². The van der Waals surface area contributed by atoms with Crippen LogP contribution in [0.4, 0.5) is 0 Å². The minimum absolute atomic E-state index is 0.0514. The number of nitrogens with zero attached hydrogens (tertiary/aromatic N) is 1. The summed E-state index contributed by atoms with van der Waals surface area (Å²) in [6.07, 6.45) is 1.13. The van der Waals surface area contributed by atoms with E-state index < -0.39 is 39.1 Å². The van der Waals surface area contributed by atoms with Gasteiger partial charge in [0.2, 0.25) is 5.76 Å². The van der Waals surface area contributed by atoms with Crippen LogP contribution in [-0.4, -0.2) is 31.3 Å². The first kappa shape index (κ1) is 18.6. The molecule has 0 aliphatic carbocycles. The third-order valence-electron chi connectivity index (χ3n) is 4.31. The van der Waals surface area contributed by atoms with Gasteiger partial charge in [0.05, 0.1) is 28.0 Å². The fraction of sp³-hybridized carbons (Fsp3) is 0.0500. The zero-order chi connectivity index (χ0) is 20.6. The minimum atomic E-state index is -3.75. The van der Waals surface area contributed by atoms with E-state index in [1.54, 1.807) is 30.3 Å². The summed E-state index contributed by atoms with van der Waals surface area (Å²) in [7, 11) is -3.75. The van der Waals surface area contributed by atoms with Gasteiger partial charge in [0, 0.05) is 5.56 Å². The van der Waals surface area contributed by atoms with Crippen molar-refractivity contribution in [2.75, 3.05) is 0 Å². The first-order valence-electron chi connectivity index (χ1n) is 8.43. The molecule has 3 aromatic rings. The fourth-order valence-corrected chi connectivity index (χ4v) is 4.29. The van der Waals surface area contributed by atoms with Crippen molar-refractivity contribution in [1.82, 2.24) is 5.06 Å². The highest BCUT2D eigenvalue weighted by Crippen LogP contribution is 2.25. The Balaban J connectivity index is 1.56. The number of sulfone groups is 1. The third-order valence-corrected chi connectivity index (χ3v) is 5.99. The number of carbonyl (C=O) groups excluding carboxylic acids is 3. The molecular formula is C20H13NO7S. The van der Waals surface area contributed by atoms with Gasteiger partial charge in [0.1, 0.15) is 0 Å². The van der Waals surface area contributed by atoms with Crippen LogP contribution in [0.15, 0.2) is 76.2 Å². The predicted octanol–water partition coefficient (Wildman–Crippen LogP) is 2.62. The normalized spacial score (nSPS) is 13.4. The Labute approximate surface area is 165 Å². The second-order valence-electron chi connectivity index (χ2n) is 6.18. The molecule has 2 heterocycles. The number of carbonyl (C=O) groups is 3. The number of hydroxylamine groups is 2. The molecule has 2 aromatic carbocycles. The lowest BCUT2D eigenvalue weighted by molar-refractivity contribution is -0.0604. The maximum Gasteiger partial charge on any atom is 0.399 e. The van der Waals surface area contributed by atoms with Gasteiger partial charge in [-0.1, -0.05) is 35.4 Å². The maximum atomic E-state index is 12.6. The number of hydrogen-bond donors (Lipinski definition) is 0. The van der Waals surface area contributed by atoms with E-state index in [0.717, 1.165) is 6.26 Å². The smallest absolute Gasteiger partial charge is 0.399 e. The van der Waals surface area contributed by atoms with Gasteiger partial charge >= 0.3 is 5.97 Å². The molecule has 146 valence electrons. The molecule has 1 aromatic heterocycles. The van der Waals surface area contributed by atoms with Crippen molar-refractivity contribution in [2.24, 2.45) is 0 Å².